The zero-order valence-corrected chi connectivity index (χ0v) is 14.0. The summed E-state index contributed by atoms with van der Waals surface area (Å²) in [7, 11) is 0. The highest BCUT2D eigenvalue weighted by molar-refractivity contribution is 6.10. The van der Waals surface area contributed by atoms with Crippen LogP contribution in [0.15, 0.2) is 53.1 Å². The molecule has 0 saturated carbocycles. The fourth-order valence-electron chi connectivity index (χ4n) is 2.79. The first kappa shape index (κ1) is 17.2. The van der Waals surface area contributed by atoms with E-state index in [1.54, 1.807) is 42.5 Å². The van der Waals surface area contributed by atoms with Gasteiger partial charge in [0, 0.05) is 5.69 Å². The highest BCUT2D eigenvalue weighted by atomic mass is 16.3. The second-order valence-electron chi connectivity index (χ2n) is 5.90. The van der Waals surface area contributed by atoms with Gasteiger partial charge in [0.15, 0.2) is 5.54 Å². The van der Waals surface area contributed by atoms with Crippen LogP contribution in [0.25, 0.3) is 0 Å². The van der Waals surface area contributed by atoms with E-state index in [1.807, 2.05) is 6.07 Å². The SMILES string of the molecule is CC1(c2ccco2)NC(=O)N(CC(=O)N(CC#N)c2ccccc2)C1=O. The Morgan fingerprint density at radius 1 is 1.27 bits per heavy atom. The Morgan fingerprint density at radius 2 is 2.00 bits per heavy atom. The Bertz CT molecular complexity index is 872. The number of carbonyl (C=O) groups excluding carboxylic acids is 3. The van der Waals surface area contributed by atoms with E-state index >= 15 is 0 Å². The third-order valence-electron chi connectivity index (χ3n) is 4.18. The molecule has 1 fully saturated rings. The second kappa shape index (κ2) is 6.72. The Labute approximate surface area is 149 Å². The number of benzene rings is 1. The first-order valence-electron chi connectivity index (χ1n) is 7.88. The van der Waals surface area contributed by atoms with Crippen LogP contribution in [-0.4, -0.2) is 35.8 Å². The van der Waals surface area contributed by atoms with Crippen molar-refractivity contribution in [2.24, 2.45) is 0 Å². The summed E-state index contributed by atoms with van der Waals surface area (Å²) in [6.45, 7) is 0.847. The number of anilines is 1. The van der Waals surface area contributed by atoms with Crippen LogP contribution < -0.4 is 10.2 Å². The summed E-state index contributed by atoms with van der Waals surface area (Å²) in [5, 5.41) is 11.6. The number of furan rings is 1. The lowest BCUT2D eigenvalue weighted by atomic mass is 9.99. The Kier molecular flexibility index (Phi) is 4.45. The molecule has 1 saturated heterocycles. The van der Waals surface area contributed by atoms with Crippen molar-refractivity contribution in [3.8, 4) is 6.07 Å². The molecule has 3 rings (SSSR count). The quantitative estimate of drug-likeness (QED) is 0.650. The van der Waals surface area contributed by atoms with Gasteiger partial charge >= 0.3 is 6.03 Å². The van der Waals surface area contributed by atoms with E-state index in [9.17, 15) is 14.4 Å². The molecule has 1 atom stereocenters. The van der Waals surface area contributed by atoms with Crippen molar-refractivity contribution in [2.75, 3.05) is 18.0 Å². The van der Waals surface area contributed by atoms with Gasteiger partial charge in [-0.1, -0.05) is 18.2 Å². The first-order chi connectivity index (χ1) is 12.5. The van der Waals surface area contributed by atoms with Crippen LogP contribution in [0.3, 0.4) is 0 Å². The van der Waals surface area contributed by atoms with E-state index in [-0.39, 0.29) is 12.3 Å². The zero-order valence-electron chi connectivity index (χ0n) is 14.0. The number of hydrogen-bond donors (Lipinski definition) is 1. The van der Waals surface area contributed by atoms with E-state index in [0.717, 1.165) is 4.90 Å². The Balaban J connectivity index is 1.81. The number of nitriles is 1. The number of rotatable bonds is 5. The standard InChI is InChI=1S/C18H16N4O4/c1-18(14-8-5-11-26-14)16(24)22(17(25)20-18)12-15(23)21(10-9-19)13-6-3-2-4-7-13/h2-8,11H,10,12H2,1H3,(H,20,25). The van der Waals surface area contributed by atoms with E-state index in [1.165, 1.54) is 18.1 Å². The van der Waals surface area contributed by atoms with E-state index in [4.69, 9.17) is 9.68 Å². The number of urea groups is 1. The van der Waals surface area contributed by atoms with E-state index < -0.39 is 29.9 Å². The molecule has 1 unspecified atom stereocenters. The van der Waals surface area contributed by atoms with Crippen LogP contribution in [0.2, 0.25) is 0 Å². The lowest BCUT2D eigenvalue weighted by Crippen LogP contribution is -2.44. The molecule has 0 spiro atoms. The number of para-hydroxylation sites is 1. The molecular formula is C18H16N4O4. The maximum atomic E-state index is 12.7. The second-order valence-corrected chi connectivity index (χ2v) is 5.90. The highest BCUT2D eigenvalue weighted by Crippen LogP contribution is 2.29. The topological polar surface area (TPSA) is 107 Å². The number of carbonyl (C=O) groups is 3. The average Bonchev–Trinajstić information content (AvgIpc) is 3.25. The maximum Gasteiger partial charge on any atom is 0.325 e. The van der Waals surface area contributed by atoms with Gasteiger partial charge in [0.05, 0.1) is 12.3 Å². The number of amides is 4. The number of nitrogens with zero attached hydrogens (tertiary/aromatic N) is 3. The minimum Gasteiger partial charge on any atom is -0.466 e. The van der Waals surface area contributed by atoms with Crippen LogP contribution in [0, 0.1) is 11.3 Å². The first-order valence-corrected chi connectivity index (χ1v) is 7.88. The summed E-state index contributed by atoms with van der Waals surface area (Å²) in [4.78, 5) is 39.7. The summed E-state index contributed by atoms with van der Waals surface area (Å²) in [6.07, 6.45) is 1.40. The smallest absolute Gasteiger partial charge is 0.325 e. The zero-order chi connectivity index (χ0) is 18.7. The monoisotopic (exact) mass is 352 g/mol. The van der Waals surface area contributed by atoms with Crippen LogP contribution >= 0.6 is 0 Å². The molecule has 0 radical (unpaired) electrons. The van der Waals surface area contributed by atoms with E-state index in [0.29, 0.717) is 5.69 Å². The molecule has 1 aromatic heterocycles. The summed E-state index contributed by atoms with van der Waals surface area (Å²) < 4.78 is 5.25. The molecule has 8 nitrogen and oxygen atoms in total. The third kappa shape index (κ3) is 2.91. The maximum absolute atomic E-state index is 12.7. The predicted octanol–water partition coefficient (Wildman–Crippen LogP) is 1.60. The summed E-state index contributed by atoms with van der Waals surface area (Å²) in [5.74, 6) is -0.844. The number of hydrogen-bond acceptors (Lipinski definition) is 5. The van der Waals surface area contributed by atoms with Gasteiger partial charge in [-0.2, -0.15) is 5.26 Å². The number of imide groups is 1. The van der Waals surface area contributed by atoms with Crippen molar-refractivity contribution >= 4 is 23.5 Å². The summed E-state index contributed by atoms with van der Waals surface area (Å²) >= 11 is 0. The van der Waals surface area contributed by atoms with E-state index in [2.05, 4.69) is 5.32 Å². The Hall–Kier alpha value is -3.60. The van der Waals surface area contributed by atoms with Crippen molar-refractivity contribution in [1.82, 2.24) is 10.2 Å². The highest BCUT2D eigenvalue weighted by Gasteiger charge is 2.51. The molecule has 0 bridgehead atoms. The minimum absolute atomic E-state index is 0.193. The molecule has 1 aliphatic heterocycles. The molecule has 4 amide bonds. The normalized spacial score (nSPS) is 19.2. The molecule has 132 valence electrons. The fourth-order valence-corrected chi connectivity index (χ4v) is 2.79. The fraction of sp³-hybridized carbons (Fsp3) is 0.222. The van der Waals surface area contributed by atoms with Crippen LogP contribution in [0.4, 0.5) is 10.5 Å². The molecule has 2 aromatic rings. The minimum atomic E-state index is -1.37. The molecule has 0 aliphatic carbocycles. The summed E-state index contributed by atoms with van der Waals surface area (Å²) in [5.41, 5.74) is -0.854. The molecule has 8 heteroatoms. The van der Waals surface area contributed by atoms with Crippen molar-refractivity contribution in [3.05, 3.63) is 54.5 Å². The van der Waals surface area contributed by atoms with Crippen LogP contribution in [0.5, 0.6) is 0 Å². The van der Waals surface area contributed by atoms with Crippen molar-refractivity contribution < 1.29 is 18.8 Å². The van der Waals surface area contributed by atoms with Gasteiger partial charge < -0.3 is 9.73 Å². The van der Waals surface area contributed by atoms with Gasteiger partial charge in [0.2, 0.25) is 5.91 Å². The molecule has 1 N–H and O–H groups in total. The molecular weight excluding hydrogens is 336 g/mol. The largest absolute Gasteiger partial charge is 0.466 e. The van der Waals surface area contributed by atoms with Gasteiger partial charge in [-0.25, -0.2) is 4.79 Å². The van der Waals surface area contributed by atoms with Gasteiger partial charge in [-0.05, 0) is 31.2 Å². The summed E-state index contributed by atoms with van der Waals surface area (Å²) in [6, 6.07) is 13.0. The average molecular weight is 352 g/mol. The van der Waals surface area contributed by atoms with Crippen molar-refractivity contribution in [3.63, 3.8) is 0 Å². The van der Waals surface area contributed by atoms with Gasteiger partial charge in [0.1, 0.15) is 18.8 Å². The van der Waals surface area contributed by atoms with Crippen LogP contribution in [0.1, 0.15) is 12.7 Å². The van der Waals surface area contributed by atoms with Gasteiger partial charge in [-0.3, -0.25) is 19.4 Å². The van der Waals surface area contributed by atoms with Crippen LogP contribution in [-0.2, 0) is 15.1 Å². The van der Waals surface area contributed by atoms with Gasteiger partial charge in [0.25, 0.3) is 5.91 Å². The molecule has 1 aliphatic rings. The Morgan fingerprint density at radius 3 is 2.62 bits per heavy atom. The third-order valence-corrected chi connectivity index (χ3v) is 4.18. The molecule has 1 aromatic carbocycles. The lowest BCUT2D eigenvalue weighted by Gasteiger charge is -2.23. The molecule has 2 heterocycles. The van der Waals surface area contributed by atoms with Gasteiger partial charge in [-0.15, -0.1) is 0 Å². The van der Waals surface area contributed by atoms with Crippen molar-refractivity contribution in [1.29, 1.82) is 5.26 Å². The predicted molar refractivity (Wildman–Crippen MR) is 90.7 cm³/mol. The lowest BCUT2D eigenvalue weighted by molar-refractivity contribution is -0.134. The molecule has 26 heavy (non-hydrogen) atoms. The van der Waals surface area contributed by atoms with Crippen molar-refractivity contribution in [2.45, 2.75) is 12.5 Å². The number of nitrogens with one attached hydrogen (secondary N) is 1.